The topological polar surface area (TPSA) is 70.2 Å². The number of urea groups is 1. The van der Waals surface area contributed by atoms with Gasteiger partial charge in [0.15, 0.2) is 5.41 Å². The zero-order chi connectivity index (χ0) is 20.4. The Morgan fingerprint density at radius 1 is 1.11 bits per heavy atom. The average molecular weight is 397 g/mol. The van der Waals surface area contributed by atoms with Gasteiger partial charge in [-0.1, -0.05) is 0 Å². The van der Waals surface area contributed by atoms with Crippen LogP contribution in [-0.2, 0) is 26.9 Å². The van der Waals surface area contributed by atoms with Crippen LogP contribution in [-0.4, -0.2) is 67.5 Å². The molecule has 1 atom stereocenters. The fourth-order valence-corrected chi connectivity index (χ4v) is 4.43. The van der Waals surface area contributed by atoms with Crippen LogP contribution in [0.5, 0.6) is 0 Å². The summed E-state index contributed by atoms with van der Waals surface area (Å²) in [6.45, 7) is 0.709. The monoisotopic (exact) mass is 397 g/mol. The molecule has 150 valence electrons. The summed E-state index contributed by atoms with van der Waals surface area (Å²) in [5.41, 5.74) is -1.75. The molecule has 3 aliphatic heterocycles. The molecular formula is C18H18F3N3O4. The molecule has 1 aromatic carbocycles. The van der Waals surface area contributed by atoms with E-state index in [0.717, 1.165) is 21.9 Å². The number of anilines is 1. The molecule has 0 aliphatic carbocycles. The average Bonchev–Trinajstić information content (AvgIpc) is 2.68. The van der Waals surface area contributed by atoms with Gasteiger partial charge in [0.25, 0.3) is 0 Å². The molecule has 0 aromatic heterocycles. The van der Waals surface area contributed by atoms with Crippen molar-refractivity contribution in [3.63, 3.8) is 0 Å². The number of hydrogen-bond donors (Lipinski definition) is 0. The molecule has 1 aromatic rings. The third-order valence-corrected chi connectivity index (χ3v) is 5.83. The van der Waals surface area contributed by atoms with E-state index in [0.29, 0.717) is 18.8 Å². The van der Waals surface area contributed by atoms with Gasteiger partial charge in [-0.05, 0) is 30.2 Å². The molecule has 3 aliphatic rings. The summed E-state index contributed by atoms with van der Waals surface area (Å²) < 4.78 is 45.2. The zero-order valence-corrected chi connectivity index (χ0v) is 15.2. The van der Waals surface area contributed by atoms with Crippen molar-refractivity contribution in [2.24, 2.45) is 5.41 Å². The Morgan fingerprint density at radius 3 is 2.36 bits per heavy atom. The lowest BCUT2D eigenvalue weighted by molar-refractivity contribution is -0.161. The van der Waals surface area contributed by atoms with E-state index in [1.165, 1.54) is 20.2 Å². The second-order valence-electron chi connectivity index (χ2n) is 7.28. The standard InChI is InChI=1S/C18H18F3N3O4/c1-22-14(25)17(15(26)23(2)16(22)27)8-10-7-11(18(19,20)21)3-4-12(10)24-5-6-28-9-13(17)24/h3-4,7,13H,5-6,8-9H2,1-2H3/t13-/m0/s1. The van der Waals surface area contributed by atoms with Crippen molar-refractivity contribution in [3.8, 4) is 0 Å². The summed E-state index contributed by atoms with van der Waals surface area (Å²) in [6.07, 6.45) is -4.77. The highest BCUT2D eigenvalue weighted by atomic mass is 19.4. The fraction of sp³-hybridized carbons (Fsp3) is 0.500. The molecule has 3 heterocycles. The van der Waals surface area contributed by atoms with Crippen molar-refractivity contribution in [3.05, 3.63) is 29.3 Å². The van der Waals surface area contributed by atoms with Crippen LogP contribution in [0.2, 0.25) is 0 Å². The van der Waals surface area contributed by atoms with Gasteiger partial charge in [0, 0.05) is 26.3 Å². The summed E-state index contributed by atoms with van der Waals surface area (Å²) in [4.78, 5) is 42.0. The minimum absolute atomic E-state index is 0.0633. The maximum atomic E-state index is 13.2. The number of alkyl halides is 3. The molecule has 0 unspecified atom stereocenters. The van der Waals surface area contributed by atoms with E-state index in [2.05, 4.69) is 0 Å². The van der Waals surface area contributed by atoms with Gasteiger partial charge in [0.05, 0.1) is 24.8 Å². The normalized spacial score (nSPS) is 24.5. The summed E-state index contributed by atoms with van der Waals surface area (Å²) in [7, 11) is 2.54. The Hall–Kier alpha value is -2.62. The highest BCUT2D eigenvalue weighted by molar-refractivity contribution is 6.20. The van der Waals surface area contributed by atoms with Gasteiger partial charge in [-0.2, -0.15) is 13.2 Å². The quantitative estimate of drug-likeness (QED) is 0.621. The number of imide groups is 2. The Balaban J connectivity index is 1.91. The van der Waals surface area contributed by atoms with Gasteiger partial charge in [-0.15, -0.1) is 0 Å². The minimum Gasteiger partial charge on any atom is -0.377 e. The number of carbonyl (C=O) groups is 3. The van der Waals surface area contributed by atoms with Gasteiger partial charge >= 0.3 is 12.2 Å². The number of rotatable bonds is 0. The van der Waals surface area contributed by atoms with Crippen molar-refractivity contribution in [1.29, 1.82) is 0 Å². The lowest BCUT2D eigenvalue weighted by Crippen LogP contribution is -2.73. The van der Waals surface area contributed by atoms with E-state index in [1.807, 2.05) is 0 Å². The Labute approximate surface area is 158 Å². The number of halogens is 3. The van der Waals surface area contributed by atoms with Crippen molar-refractivity contribution in [2.45, 2.75) is 18.6 Å². The van der Waals surface area contributed by atoms with E-state index in [4.69, 9.17) is 4.74 Å². The summed E-state index contributed by atoms with van der Waals surface area (Å²) in [5, 5.41) is 0. The SMILES string of the molecule is CN1C(=O)N(C)C(=O)C2(Cc3cc(C(F)(F)F)ccc3N3CCOC[C@H]32)C1=O. The maximum Gasteiger partial charge on any atom is 0.416 e. The largest absolute Gasteiger partial charge is 0.416 e. The molecular weight excluding hydrogens is 379 g/mol. The predicted molar refractivity (Wildman–Crippen MR) is 90.5 cm³/mol. The number of nitrogens with zero attached hydrogens (tertiary/aromatic N) is 3. The highest BCUT2D eigenvalue weighted by Crippen LogP contribution is 2.47. The smallest absolute Gasteiger partial charge is 0.377 e. The molecule has 0 bridgehead atoms. The number of ether oxygens (including phenoxy) is 1. The van der Waals surface area contributed by atoms with Crippen LogP contribution < -0.4 is 4.90 Å². The van der Waals surface area contributed by atoms with E-state index in [1.54, 1.807) is 4.90 Å². The second kappa shape index (κ2) is 5.94. The van der Waals surface area contributed by atoms with Crippen molar-refractivity contribution in [1.82, 2.24) is 9.80 Å². The first-order chi connectivity index (χ1) is 13.1. The van der Waals surface area contributed by atoms with E-state index in [-0.39, 0.29) is 18.6 Å². The molecule has 4 rings (SSSR count). The van der Waals surface area contributed by atoms with Crippen molar-refractivity contribution in [2.75, 3.05) is 38.8 Å². The molecule has 0 N–H and O–H groups in total. The predicted octanol–water partition coefficient (Wildman–Crippen LogP) is 1.50. The van der Waals surface area contributed by atoms with Crippen molar-refractivity contribution < 1.29 is 32.3 Å². The van der Waals surface area contributed by atoms with Gasteiger partial charge in [0.2, 0.25) is 11.8 Å². The number of morpholine rings is 1. The number of barbiturate groups is 1. The first-order valence-corrected chi connectivity index (χ1v) is 8.74. The van der Waals surface area contributed by atoms with Gasteiger partial charge in [-0.3, -0.25) is 19.4 Å². The zero-order valence-electron chi connectivity index (χ0n) is 15.2. The number of benzene rings is 1. The Bertz CT molecular complexity index is 861. The molecule has 7 nitrogen and oxygen atoms in total. The second-order valence-corrected chi connectivity index (χ2v) is 7.28. The first kappa shape index (κ1) is 18.7. The first-order valence-electron chi connectivity index (χ1n) is 8.74. The third-order valence-electron chi connectivity index (χ3n) is 5.83. The molecule has 1 spiro atoms. The summed E-state index contributed by atoms with van der Waals surface area (Å²) in [5.74, 6) is -1.44. The molecule has 10 heteroatoms. The number of amides is 4. The maximum absolute atomic E-state index is 13.2. The highest BCUT2D eigenvalue weighted by Gasteiger charge is 2.63. The van der Waals surface area contributed by atoms with Crippen molar-refractivity contribution >= 4 is 23.5 Å². The fourth-order valence-electron chi connectivity index (χ4n) is 4.43. The van der Waals surface area contributed by atoms with Crippen LogP contribution >= 0.6 is 0 Å². The van der Waals surface area contributed by atoms with Crippen LogP contribution in [0.1, 0.15) is 11.1 Å². The lowest BCUT2D eigenvalue weighted by atomic mass is 9.68. The molecule has 2 fully saturated rings. The van der Waals surface area contributed by atoms with E-state index in [9.17, 15) is 27.6 Å². The Morgan fingerprint density at radius 2 is 1.75 bits per heavy atom. The van der Waals surface area contributed by atoms with Gasteiger partial charge in [0.1, 0.15) is 0 Å². The third kappa shape index (κ3) is 2.36. The van der Waals surface area contributed by atoms with Gasteiger partial charge < -0.3 is 9.64 Å². The molecule has 0 radical (unpaired) electrons. The van der Waals surface area contributed by atoms with Gasteiger partial charge in [-0.25, -0.2) is 4.79 Å². The summed E-state index contributed by atoms with van der Waals surface area (Å²) in [6, 6.07) is 1.89. The van der Waals surface area contributed by atoms with E-state index >= 15 is 0 Å². The molecule has 28 heavy (non-hydrogen) atoms. The van der Waals surface area contributed by atoms with Crippen LogP contribution in [0, 0.1) is 5.41 Å². The number of fused-ring (bicyclic) bond motifs is 4. The minimum atomic E-state index is -4.55. The number of carbonyl (C=O) groups excluding carboxylic acids is 3. The lowest BCUT2D eigenvalue weighted by Gasteiger charge is -2.54. The van der Waals surface area contributed by atoms with E-state index < -0.39 is 41.0 Å². The molecule has 0 saturated carbocycles. The number of hydrogen-bond acceptors (Lipinski definition) is 5. The van der Waals surface area contributed by atoms with Crippen LogP contribution in [0.4, 0.5) is 23.7 Å². The van der Waals surface area contributed by atoms with Crippen LogP contribution in [0.3, 0.4) is 0 Å². The van der Waals surface area contributed by atoms with Crippen LogP contribution in [0.25, 0.3) is 0 Å². The Kier molecular flexibility index (Phi) is 3.97. The molecule has 4 amide bonds. The summed E-state index contributed by atoms with van der Waals surface area (Å²) >= 11 is 0. The van der Waals surface area contributed by atoms with Crippen LogP contribution in [0.15, 0.2) is 18.2 Å². The molecule has 2 saturated heterocycles.